The van der Waals surface area contributed by atoms with Gasteiger partial charge in [-0.2, -0.15) is 0 Å². The first-order chi connectivity index (χ1) is 53.1. The third kappa shape index (κ3) is 32.0. The second-order valence-electron chi connectivity index (χ2n) is 26.6. The van der Waals surface area contributed by atoms with Crippen molar-refractivity contribution >= 4 is 63.8 Å². The number of phosphoric ester groups is 5. The summed E-state index contributed by atoms with van der Waals surface area (Å²) in [7, 11) is -30.0. The van der Waals surface area contributed by atoms with Gasteiger partial charge in [-0.05, 0) is 19.8 Å². The summed E-state index contributed by atoms with van der Waals surface area (Å²) < 4.78 is 197. The molecule has 1 saturated carbocycles. The predicted molar refractivity (Wildman–Crippen MR) is 370 cm³/mol. The Balaban J connectivity index is 1.09. The number of aliphatic hydroxyl groups is 10. The molecule has 3 aliphatic heterocycles. The molecule has 5 heterocycles. The molecule has 56 heteroatoms. The number of nitrogens with zero attached hydrogens (tertiary/aromatic N) is 4. The third-order valence-corrected chi connectivity index (χ3v) is 24.1. The molecule has 113 heavy (non-hydrogen) atoms. The average molecular weight is 1770 g/mol. The van der Waals surface area contributed by atoms with Gasteiger partial charge in [0, 0.05) is 36.6 Å². The first kappa shape index (κ1) is 99.7. The summed E-state index contributed by atoms with van der Waals surface area (Å²) in [5, 5.41) is 103. The zero-order chi connectivity index (χ0) is 83.7. The Bertz CT molecular complexity index is 3400. The molecule has 6 rings (SSSR count). The van der Waals surface area contributed by atoms with Gasteiger partial charge in [0.15, 0.2) is 58.5 Å². The van der Waals surface area contributed by atoms with Crippen LogP contribution in [-0.4, -0.2) is 344 Å². The van der Waals surface area contributed by atoms with Gasteiger partial charge in [-0.25, -0.2) is 37.8 Å². The zero-order valence-corrected chi connectivity index (χ0v) is 67.5. The first-order valence-electron chi connectivity index (χ1n) is 34.8. The Kier molecular flexibility index (Phi) is 41.3. The molecule has 25 atom stereocenters. The topological polar surface area (TPSA) is 702 Å². The minimum absolute atomic E-state index is 0.0702. The number of hydrogen-bond donors (Lipinski definition) is 17. The van der Waals surface area contributed by atoms with E-state index in [9.17, 15) is 113 Å². The van der Waals surface area contributed by atoms with Crippen molar-refractivity contribution in [2.75, 3.05) is 146 Å². The van der Waals surface area contributed by atoms with E-state index in [4.69, 9.17) is 102 Å². The highest BCUT2D eigenvalue weighted by Gasteiger charge is 2.48. The number of ether oxygens (including phenoxy) is 11. The highest BCUT2D eigenvalue weighted by atomic mass is 31.2. The minimum Gasteiger partial charge on any atom is -0.396 e. The number of aliphatic hydroxyl groups excluding tert-OH is 10. The van der Waals surface area contributed by atoms with Gasteiger partial charge in [0.1, 0.15) is 60.6 Å². The fourth-order valence-corrected chi connectivity index (χ4v) is 15.3. The maximum atomic E-state index is 13.6. The summed E-state index contributed by atoms with van der Waals surface area (Å²) in [6.07, 6.45) is -15.0. The summed E-state index contributed by atoms with van der Waals surface area (Å²) in [5.41, 5.74) is -1.40. The van der Waals surface area contributed by atoms with E-state index in [-0.39, 0.29) is 19.4 Å². The molecular weight excluding hydrogens is 1660 g/mol. The van der Waals surface area contributed by atoms with Crippen LogP contribution in [0, 0.1) is 36.0 Å². The molecule has 13 unspecified atom stereocenters. The smallest absolute Gasteiger partial charge is 0.396 e. The molecule has 0 bridgehead atoms. The van der Waals surface area contributed by atoms with E-state index in [0.717, 1.165) is 6.92 Å². The molecule has 658 valence electrons. The Morgan fingerprint density at radius 3 is 1.41 bits per heavy atom. The minimum atomic E-state index is -5.43. The van der Waals surface area contributed by atoms with E-state index in [0.29, 0.717) is 16.9 Å². The normalized spacial score (nSPS) is 31.2. The van der Waals surface area contributed by atoms with Gasteiger partial charge in [0.05, 0.1) is 154 Å². The second kappa shape index (κ2) is 46.8. The highest BCUT2D eigenvalue weighted by molar-refractivity contribution is 7.53. The SMILES string of the molecule is CC(=O)NC1[C@H](OCCOP(=O)(O)OCOCC(COCOP(=O)(O)OCCO[C@@H]2OC(CO)[C@H](O)[C@H](O)C2C)(COCOP(=O)(O)OCCO[C@@H]2OC(CO)[C@H](O)[C@H](O)C2C)COP(=O)(O)OCOCC(CO)COCOP(=O)(O)O[C@H]2C[C@H](n3cnc4c(C)ncnc43)C[C@@H]2COP(=O)(O)C(C)C)OC(CO)[C@H](O)[C@@H]1O. The van der Waals surface area contributed by atoms with Crippen molar-refractivity contribution < 1.29 is 214 Å². The van der Waals surface area contributed by atoms with Crippen molar-refractivity contribution in [3.05, 3.63) is 18.3 Å². The van der Waals surface area contributed by atoms with Crippen molar-refractivity contribution in [1.29, 1.82) is 0 Å². The van der Waals surface area contributed by atoms with E-state index < -0.39 is 319 Å². The first-order valence-corrected chi connectivity index (χ1v) is 44.0. The van der Waals surface area contributed by atoms with Gasteiger partial charge >= 0.3 is 46.7 Å². The molecule has 2 aromatic heterocycles. The van der Waals surface area contributed by atoms with Gasteiger partial charge in [0.2, 0.25) is 5.91 Å². The standard InChI is InChI=1S/C57H105N5O45P6/c1-33(2)108(74,75)97-21-39-13-40(62-27-60-45-36(5)58-26-59-53(45)62)14-41(39)107-113(84,85)103-29-87-20-38(15-63)19-86-28-99-112(82,83)98-25-57(22-88-30-100-109(76,77)94-10-7-91-54-34(3)47(68)49(70)42(16-64)104-54,23-89-31-101-110(78,79)95-11-8-92-55-35(4)48(69)50(71)43(17-65)105-55)24-90-32-102-111(80,81)96-12-9-93-56-46(61-37(6)67)52(73)51(72)44(18-66)106-56/h26-27,33-35,38-44,46-52,54-56,63-66,68-73H,7-25,28-32H2,1-6H3,(H,61,67)(H,74,75)(H,76,77)(H,78,79)(H,80,81)(H,82,83)(H,84,85)/t34?,35?,38?,39-,40-,41+,42?,43?,44?,46?,47-,48-,49+,50+,51+,52-,54-,55-,56-,57?/m1/s1. The van der Waals surface area contributed by atoms with E-state index in [1.165, 1.54) is 40.3 Å². The third-order valence-electron chi connectivity index (χ3n) is 17.6. The molecule has 50 nitrogen and oxygen atoms in total. The number of amides is 1. The lowest BCUT2D eigenvalue weighted by Gasteiger charge is -2.42. The molecule has 0 radical (unpaired) electrons. The molecule has 0 spiro atoms. The van der Waals surface area contributed by atoms with Crippen LogP contribution < -0.4 is 5.32 Å². The highest BCUT2D eigenvalue weighted by Crippen LogP contribution is 2.54. The Labute approximate surface area is 646 Å². The summed E-state index contributed by atoms with van der Waals surface area (Å²) in [6, 6.07) is -1.86. The number of carbonyl (C=O) groups is 1. The number of nitrogens with one attached hydrogen (secondary N) is 1. The number of phosphoric acid groups is 5. The number of aryl methyl sites for hydroxylation is 1. The predicted octanol–water partition coefficient (Wildman–Crippen LogP) is -2.66. The number of rotatable bonds is 55. The lowest BCUT2D eigenvalue weighted by atomic mass is 9.92. The van der Waals surface area contributed by atoms with Gasteiger partial charge in [-0.15, -0.1) is 0 Å². The number of carbonyl (C=O) groups excluding carboxylic acids is 1. The molecule has 1 aliphatic carbocycles. The second-order valence-corrected chi connectivity index (χ2v) is 36.3. The summed E-state index contributed by atoms with van der Waals surface area (Å²) in [6.45, 7) is -9.21. The molecule has 1 amide bonds. The van der Waals surface area contributed by atoms with Crippen molar-refractivity contribution in [3.63, 3.8) is 0 Å². The van der Waals surface area contributed by atoms with E-state index in [1.54, 1.807) is 11.5 Å². The molecule has 0 aromatic carbocycles. The molecule has 4 fully saturated rings. The van der Waals surface area contributed by atoms with E-state index >= 15 is 0 Å². The van der Waals surface area contributed by atoms with Crippen LogP contribution in [0.3, 0.4) is 0 Å². The van der Waals surface area contributed by atoms with Crippen molar-refractivity contribution in [2.45, 2.75) is 152 Å². The molecule has 2 aromatic rings. The van der Waals surface area contributed by atoms with Gasteiger partial charge < -0.3 is 147 Å². The van der Waals surface area contributed by atoms with Crippen molar-refractivity contribution in [2.24, 2.45) is 29.1 Å². The zero-order valence-electron chi connectivity index (χ0n) is 62.1. The molecule has 3 saturated heterocycles. The van der Waals surface area contributed by atoms with Crippen LogP contribution in [0.15, 0.2) is 12.7 Å². The van der Waals surface area contributed by atoms with Crippen LogP contribution >= 0.6 is 46.7 Å². The van der Waals surface area contributed by atoms with Gasteiger partial charge in [-0.1, -0.05) is 27.7 Å². The van der Waals surface area contributed by atoms with Crippen LogP contribution in [-0.2, 0) is 134 Å². The summed E-state index contributed by atoms with van der Waals surface area (Å²) in [5.74, 6) is -4.16. The van der Waals surface area contributed by atoms with Gasteiger partial charge in [0.25, 0.3) is 0 Å². The maximum absolute atomic E-state index is 13.6. The number of imidazole rings is 1. The van der Waals surface area contributed by atoms with Crippen LogP contribution in [0.5, 0.6) is 0 Å². The van der Waals surface area contributed by atoms with E-state index in [1.807, 2.05) is 0 Å². The lowest BCUT2D eigenvalue weighted by molar-refractivity contribution is -0.283. The lowest BCUT2D eigenvalue weighted by Crippen LogP contribution is -2.64. The quantitative estimate of drug-likeness (QED) is 0.0183. The average Bonchev–Trinajstić information content (AvgIpc) is 1.61. The van der Waals surface area contributed by atoms with Crippen LogP contribution in [0.4, 0.5) is 0 Å². The van der Waals surface area contributed by atoms with Crippen LogP contribution in [0.1, 0.15) is 59.2 Å². The fraction of sp³-hybridized carbons (Fsp3) is 0.895. The molecule has 17 N–H and O–H groups in total. The maximum Gasteiger partial charge on any atom is 0.474 e. The Morgan fingerprint density at radius 2 is 0.965 bits per heavy atom. The van der Waals surface area contributed by atoms with Gasteiger partial charge in [-0.3, -0.25) is 54.6 Å². The van der Waals surface area contributed by atoms with Crippen molar-refractivity contribution in [3.8, 4) is 0 Å². The van der Waals surface area contributed by atoms with E-state index in [2.05, 4.69) is 20.3 Å². The number of aromatic nitrogens is 4. The molecular formula is C57H105N5O45P6. The van der Waals surface area contributed by atoms with Crippen molar-refractivity contribution in [1.82, 2.24) is 24.8 Å². The Morgan fingerprint density at radius 1 is 0.540 bits per heavy atom. The largest absolute Gasteiger partial charge is 0.474 e. The monoisotopic (exact) mass is 1770 g/mol. The van der Waals surface area contributed by atoms with Crippen LogP contribution in [0.25, 0.3) is 11.2 Å². The Hall–Kier alpha value is -2.12. The van der Waals surface area contributed by atoms with Crippen LogP contribution in [0.2, 0.25) is 0 Å². The number of hydrogen-bond acceptors (Lipinski definition) is 42. The number of fused-ring (bicyclic) bond motifs is 1. The molecule has 4 aliphatic rings. The summed E-state index contributed by atoms with van der Waals surface area (Å²) >= 11 is 0. The summed E-state index contributed by atoms with van der Waals surface area (Å²) in [4.78, 5) is 88.7. The fourth-order valence-electron chi connectivity index (χ4n) is 11.3.